The van der Waals surface area contributed by atoms with Crippen molar-refractivity contribution >= 4 is 11.0 Å². The zero-order chi connectivity index (χ0) is 13.3. The third-order valence-electron chi connectivity index (χ3n) is 3.56. The van der Waals surface area contributed by atoms with Gasteiger partial charge >= 0.3 is 0 Å². The lowest BCUT2D eigenvalue weighted by atomic mass is 9.77. The molecule has 0 aliphatic carbocycles. The van der Waals surface area contributed by atoms with Crippen LogP contribution in [0.5, 0.6) is 5.88 Å². The summed E-state index contributed by atoms with van der Waals surface area (Å²) in [5, 5.41) is 0. The third kappa shape index (κ3) is 2.30. The van der Waals surface area contributed by atoms with Gasteiger partial charge in [-0.2, -0.15) is 0 Å². The lowest BCUT2D eigenvalue weighted by Gasteiger charge is -2.28. The van der Waals surface area contributed by atoms with Crippen molar-refractivity contribution in [3.8, 4) is 5.88 Å². The highest BCUT2D eigenvalue weighted by molar-refractivity contribution is 5.78. The summed E-state index contributed by atoms with van der Waals surface area (Å²) in [4.78, 5) is 8.91. The summed E-state index contributed by atoms with van der Waals surface area (Å²) in [7, 11) is 1.64. The van der Waals surface area contributed by atoms with Crippen LogP contribution in [-0.2, 0) is 0 Å². The SMILES string of the molecule is COc1ccc2nccc(C(C)C(C)(C)C)c2n1. The average Bonchev–Trinajstić information content (AvgIpc) is 2.35. The number of ether oxygens (including phenoxy) is 1. The molecule has 0 saturated heterocycles. The molecule has 0 radical (unpaired) electrons. The predicted molar refractivity (Wildman–Crippen MR) is 74.0 cm³/mol. The van der Waals surface area contributed by atoms with E-state index >= 15 is 0 Å². The van der Waals surface area contributed by atoms with Crippen molar-refractivity contribution in [2.45, 2.75) is 33.6 Å². The summed E-state index contributed by atoms with van der Waals surface area (Å²) in [6.45, 7) is 8.95. The maximum Gasteiger partial charge on any atom is 0.213 e. The van der Waals surface area contributed by atoms with E-state index < -0.39 is 0 Å². The molecule has 3 heteroatoms. The van der Waals surface area contributed by atoms with Crippen molar-refractivity contribution in [2.75, 3.05) is 7.11 Å². The molecule has 96 valence electrons. The van der Waals surface area contributed by atoms with Gasteiger partial charge in [-0.25, -0.2) is 4.98 Å². The highest BCUT2D eigenvalue weighted by Gasteiger charge is 2.24. The fourth-order valence-electron chi connectivity index (χ4n) is 1.96. The van der Waals surface area contributed by atoms with Gasteiger partial charge in [-0.15, -0.1) is 0 Å². The molecule has 0 fully saturated rings. The highest BCUT2D eigenvalue weighted by atomic mass is 16.5. The number of hydrogen-bond donors (Lipinski definition) is 0. The Kier molecular flexibility index (Phi) is 3.24. The van der Waals surface area contributed by atoms with E-state index in [1.54, 1.807) is 7.11 Å². The second kappa shape index (κ2) is 4.56. The van der Waals surface area contributed by atoms with Crippen molar-refractivity contribution in [3.05, 3.63) is 30.0 Å². The number of methoxy groups -OCH3 is 1. The molecule has 2 aromatic heterocycles. The second-order valence-electron chi connectivity index (χ2n) is 5.71. The minimum Gasteiger partial charge on any atom is -0.481 e. The molecule has 0 N–H and O–H groups in total. The van der Waals surface area contributed by atoms with Gasteiger partial charge in [-0.05, 0) is 29.0 Å². The Morgan fingerprint density at radius 1 is 1.17 bits per heavy atom. The standard InChI is InChI=1S/C15H20N2O/c1-10(15(2,3)4)11-8-9-16-12-6-7-13(18-5)17-14(11)12/h6-10H,1-5H3. The second-order valence-corrected chi connectivity index (χ2v) is 5.71. The molecule has 0 aliphatic rings. The van der Waals surface area contributed by atoms with E-state index in [-0.39, 0.29) is 5.41 Å². The van der Waals surface area contributed by atoms with Crippen LogP contribution >= 0.6 is 0 Å². The van der Waals surface area contributed by atoms with Crippen LogP contribution in [0.25, 0.3) is 11.0 Å². The molecule has 0 aromatic carbocycles. The number of fused-ring (bicyclic) bond motifs is 1. The largest absolute Gasteiger partial charge is 0.481 e. The van der Waals surface area contributed by atoms with Gasteiger partial charge in [0, 0.05) is 12.3 Å². The van der Waals surface area contributed by atoms with Crippen LogP contribution < -0.4 is 4.74 Å². The topological polar surface area (TPSA) is 35.0 Å². The molecule has 0 bridgehead atoms. The van der Waals surface area contributed by atoms with Crippen LogP contribution in [-0.4, -0.2) is 17.1 Å². The monoisotopic (exact) mass is 244 g/mol. The molecule has 0 saturated carbocycles. The van der Waals surface area contributed by atoms with Crippen LogP contribution in [0.1, 0.15) is 39.2 Å². The van der Waals surface area contributed by atoms with E-state index in [1.807, 2.05) is 18.3 Å². The molecule has 2 rings (SSSR count). The number of aromatic nitrogens is 2. The van der Waals surface area contributed by atoms with E-state index in [0.29, 0.717) is 11.8 Å². The fraction of sp³-hybridized carbons (Fsp3) is 0.467. The quantitative estimate of drug-likeness (QED) is 0.806. The number of pyridine rings is 2. The first-order chi connectivity index (χ1) is 8.43. The summed E-state index contributed by atoms with van der Waals surface area (Å²) < 4.78 is 5.20. The van der Waals surface area contributed by atoms with Gasteiger partial charge < -0.3 is 4.74 Å². The van der Waals surface area contributed by atoms with Gasteiger partial charge in [0.15, 0.2) is 0 Å². The maximum atomic E-state index is 5.20. The first kappa shape index (κ1) is 12.8. The van der Waals surface area contributed by atoms with Crippen LogP contribution in [0.4, 0.5) is 0 Å². The summed E-state index contributed by atoms with van der Waals surface area (Å²) in [5.41, 5.74) is 3.29. The smallest absolute Gasteiger partial charge is 0.213 e. The number of hydrogen-bond acceptors (Lipinski definition) is 3. The zero-order valence-corrected chi connectivity index (χ0v) is 11.7. The summed E-state index contributed by atoms with van der Waals surface area (Å²) >= 11 is 0. The fourth-order valence-corrected chi connectivity index (χ4v) is 1.96. The summed E-state index contributed by atoms with van der Waals surface area (Å²) in [6, 6.07) is 5.87. The zero-order valence-electron chi connectivity index (χ0n) is 11.7. The Morgan fingerprint density at radius 2 is 1.89 bits per heavy atom. The Labute approximate surface area is 108 Å². The Hall–Kier alpha value is -1.64. The highest BCUT2D eigenvalue weighted by Crippen LogP contribution is 2.37. The Balaban J connectivity index is 2.63. The van der Waals surface area contributed by atoms with Crippen molar-refractivity contribution in [2.24, 2.45) is 5.41 Å². The molecule has 1 atom stereocenters. The summed E-state index contributed by atoms with van der Waals surface area (Å²) in [6.07, 6.45) is 1.86. The molecule has 0 amide bonds. The molecule has 0 aliphatic heterocycles. The van der Waals surface area contributed by atoms with E-state index in [2.05, 4.69) is 43.7 Å². The number of nitrogens with zero attached hydrogens (tertiary/aromatic N) is 2. The first-order valence-corrected chi connectivity index (χ1v) is 6.23. The van der Waals surface area contributed by atoms with Crippen molar-refractivity contribution < 1.29 is 4.74 Å². The van der Waals surface area contributed by atoms with E-state index in [0.717, 1.165) is 11.0 Å². The van der Waals surface area contributed by atoms with E-state index in [9.17, 15) is 0 Å². The van der Waals surface area contributed by atoms with Crippen LogP contribution in [0.3, 0.4) is 0 Å². The first-order valence-electron chi connectivity index (χ1n) is 6.23. The molecule has 0 spiro atoms. The normalized spacial score (nSPS) is 13.6. The van der Waals surface area contributed by atoms with Gasteiger partial charge in [-0.3, -0.25) is 4.98 Å². The lowest BCUT2D eigenvalue weighted by molar-refractivity contribution is 0.340. The van der Waals surface area contributed by atoms with Gasteiger partial charge in [0.2, 0.25) is 5.88 Å². The molecule has 3 nitrogen and oxygen atoms in total. The molecular formula is C15H20N2O. The molecular weight excluding hydrogens is 224 g/mol. The number of rotatable bonds is 2. The predicted octanol–water partition coefficient (Wildman–Crippen LogP) is 3.79. The van der Waals surface area contributed by atoms with Gasteiger partial charge in [0.25, 0.3) is 0 Å². The minimum atomic E-state index is 0.193. The van der Waals surface area contributed by atoms with Crippen molar-refractivity contribution in [1.82, 2.24) is 9.97 Å². The van der Waals surface area contributed by atoms with Crippen LogP contribution in [0, 0.1) is 5.41 Å². The lowest BCUT2D eigenvalue weighted by Crippen LogP contribution is -2.16. The molecule has 1 unspecified atom stereocenters. The summed E-state index contributed by atoms with van der Waals surface area (Å²) in [5.74, 6) is 1.04. The van der Waals surface area contributed by atoms with Crippen LogP contribution in [0.15, 0.2) is 24.4 Å². The molecule has 2 aromatic rings. The van der Waals surface area contributed by atoms with Crippen molar-refractivity contribution in [1.29, 1.82) is 0 Å². The Morgan fingerprint density at radius 3 is 2.50 bits per heavy atom. The molecule has 2 heterocycles. The minimum absolute atomic E-state index is 0.193. The molecule has 18 heavy (non-hydrogen) atoms. The Bertz CT molecular complexity index is 558. The van der Waals surface area contributed by atoms with Crippen molar-refractivity contribution in [3.63, 3.8) is 0 Å². The van der Waals surface area contributed by atoms with Gasteiger partial charge in [-0.1, -0.05) is 27.7 Å². The van der Waals surface area contributed by atoms with Gasteiger partial charge in [0.1, 0.15) is 0 Å². The average molecular weight is 244 g/mol. The van der Waals surface area contributed by atoms with E-state index in [4.69, 9.17) is 4.74 Å². The van der Waals surface area contributed by atoms with Crippen LogP contribution in [0.2, 0.25) is 0 Å². The maximum absolute atomic E-state index is 5.20. The van der Waals surface area contributed by atoms with E-state index in [1.165, 1.54) is 5.56 Å². The third-order valence-corrected chi connectivity index (χ3v) is 3.56. The van der Waals surface area contributed by atoms with Gasteiger partial charge in [0.05, 0.1) is 18.1 Å².